The Morgan fingerprint density at radius 3 is 2.57 bits per heavy atom. The lowest BCUT2D eigenvalue weighted by Gasteiger charge is -2.08. The predicted molar refractivity (Wildman–Crippen MR) is 39.5 cm³/mol. The number of alkyl halides is 3. The van der Waals surface area contributed by atoms with Gasteiger partial charge in [-0.1, -0.05) is 6.07 Å². The quantitative estimate of drug-likeness (QED) is 0.448. The fourth-order valence-corrected chi connectivity index (χ4v) is 1.19. The molecule has 0 bridgehead atoms. The molecule has 0 radical (unpaired) electrons. The normalized spacial score (nSPS) is 11.7. The first-order valence-corrected chi connectivity index (χ1v) is 4.08. The molecule has 0 aliphatic carbocycles. The van der Waals surface area contributed by atoms with Gasteiger partial charge in [0.1, 0.15) is 0 Å². The van der Waals surface area contributed by atoms with Crippen LogP contribution in [-0.4, -0.2) is 0 Å². The zero-order valence-electron chi connectivity index (χ0n) is 6.58. The van der Waals surface area contributed by atoms with Crippen LogP contribution in [-0.2, 0) is 15.5 Å². The fraction of sp³-hybridized carbons (Fsp3) is 0.143. The summed E-state index contributed by atoms with van der Waals surface area (Å²) < 4.78 is 40.3. The molecule has 1 aromatic rings. The van der Waals surface area contributed by atoms with E-state index in [0.717, 1.165) is 12.1 Å². The maximum atomic E-state index is 12.1. The predicted octanol–water partition coefficient (Wildman–Crippen LogP) is 1.94. The van der Waals surface area contributed by atoms with Crippen LogP contribution in [0.25, 0.3) is 0 Å². The first-order valence-electron chi connectivity index (χ1n) is 3.34. The maximum Gasteiger partial charge on any atom is 0.416 e. The monoisotopic (exact) mass is 225 g/mol. The first kappa shape index (κ1) is 11.3. The van der Waals surface area contributed by atoms with E-state index >= 15 is 0 Å². The van der Waals surface area contributed by atoms with Crippen molar-refractivity contribution < 1.29 is 27.8 Å². The van der Waals surface area contributed by atoms with Gasteiger partial charge in [0.2, 0.25) is 0 Å². The molecule has 78 valence electrons. The van der Waals surface area contributed by atoms with Gasteiger partial charge >= 0.3 is 6.18 Å². The molecule has 0 aromatic heterocycles. The summed E-state index contributed by atoms with van der Waals surface area (Å²) in [6.45, 7) is 0. The van der Waals surface area contributed by atoms with Crippen LogP contribution in [0, 0.1) is 0 Å². The average Bonchev–Trinajstić information content (AvgIpc) is 2.14. The third kappa shape index (κ3) is 3.18. The molecular weight excluding hydrogens is 221 g/mol. The van der Waals surface area contributed by atoms with Gasteiger partial charge in [-0.3, -0.25) is 5.04 Å². The van der Waals surface area contributed by atoms with Crippen molar-refractivity contribution in [1.82, 2.24) is 0 Å². The lowest BCUT2D eigenvalue weighted by molar-refractivity contribution is -0.777. The highest BCUT2D eigenvalue weighted by Gasteiger charge is 2.30. The molecule has 7 heteroatoms. The van der Waals surface area contributed by atoms with Crippen LogP contribution in [0.4, 0.5) is 13.2 Å². The highest BCUT2D eigenvalue weighted by Crippen LogP contribution is 2.31. The molecule has 0 aliphatic heterocycles. The van der Waals surface area contributed by atoms with E-state index < -0.39 is 11.7 Å². The Hall–Kier alpha value is -0.760. The van der Waals surface area contributed by atoms with Gasteiger partial charge in [-0.05, 0) is 18.2 Å². The van der Waals surface area contributed by atoms with Gasteiger partial charge < -0.3 is 5.26 Å². The van der Waals surface area contributed by atoms with E-state index in [2.05, 4.69) is 9.37 Å². The molecular formula is C7H4F3O3S-. The van der Waals surface area contributed by atoms with Crippen LogP contribution < -0.4 is 5.26 Å². The molecule has 3 nitrogen and oxygen atoms in total. The molecule has 0 spiro atoms. The molecule has 0 aliphatic rings. The van der Waals surface area contributed by atoms with Gasteiger partial charge in [0.05, 0.1) is 17.6 Å². The van der Waals surface area contributed by atoms with Crippen molar-refractivity contribution >= 4 is 12.0 Å². The van der Waals surface area contributed by atoms with Crippen molar-refractivity contribution in [3.8, 4) is 0 Å². The molecule has 0 N–H and O–H groups in total. The van der Waals surface area contributed by atoms with Crippen LogP contribution in [0.15, 0.2) is 29.2 Å². The number of benzene rings is 1. The molecule has 1 rings (SSSR count). The van der Waals surface area contributed by atoms with E-state index in [0.29, 0.717) is 12.0 Å². The Kier molecular flexibility index (Phi) is 3.76. The minimum absolute atomic E-state index is 0.135. The topological polar surface area (TPSA) is 41.5 Å². The zero-order chi connectivity index (χ0) is 10.6. The van der Waals surface area contributed by atoms with Gasteiger partial charge in [-0.25, -0.2) is 0 Å². The molecule has 0 fully saturated rings. The van der Waals surface area contributed by atoms with Crippen molar-refractivity contribution in [2.45, 2.75) is 11.1 Å². The molecule has 0 heterocycles. The summed E-state index contributed by atoms with van der Waals surface area (Å²) in [4.78, 5) is 0.135. The Morgan fingerprint density at radius 1 is 1.29 bits per heavy atom. The highest BCUT2D eigenvalue weighted by molar-refractivity contribution is 7.94. The molecule has 0 saturated carbocycles. The molecule has 0 atom stereocenters. The van der Waals surface area contributed by atoms with Crippen LogP contribution in [0.5, 0.6) is 0 Å². The Morgan fingerprint density at radius 2 is 2.00 bits per heavy atom. The highest BCUT2D eigenvalue weighted by atomic mass is 32.2. The second-order valence-corrected chi connectivity index (χ2v) is 3.02. The van der Waals surface area contributed by atoms with E-state index in [4.69, 9.17) is 0 Å². The van der Waals surface area contributed by atoms with E-state index in [1.807, 2.05) is 0 Å². The summed E-state index contributed by atoms with van der Waals surface area (Å²) in [6.07, 6.45) is -4.41. The van der Waals surface area contributed by atoms with Crippen molar-refractivity contribution in [1.29, 1.82) is 0 Å². The Bertz CT molecular complexity index is 302. The van der Waals surface area contributed by atoms with Gasteiger partial charge in [0.25, 0.3) is 0 Å². The second kappa shape index (κ2) is 4.65. The van der Waals surface area contributed by atoms with E-state index in [9.17, 15) is 18.4 Å². The van der Waals surface area contributed by atoms with E-state index in [1.54, 1.807) is 0 Å². The Labute approximate surface area is 81.5 Å². The maximum absolute atomic E-state index is 12.1. The van der Waals surface area contributed by atoms with Crippen LogP contribution >= 0.6 is 12.0 Å². The summed E-state index contributed by atoms with van der Waals surface area (Å²) >= 11 is 0.416. The van der Waals surface area contributed by atoms with E-state index in [1.165, 1.54) is 12.1 Å². The van der Waals surface area contributed by atoms with Crippen LogP contribution in [0.1, 0.15) is 5.56 Å². The summed E-state index contributed by atoms with van der Waals surface area (Å²) in [5.74, 6) is 0. The zero-order valence-corrected chi connectivity index (χ0v) is 7.39. The molecule has 0 unspecified atom stereocenters. The van der Waals surface area contributed by atoms with Crippen molar-refractivity contribution in [3.05, 3.63) is 29.8 Å². The second-order valence-electron chi connectivity index (χ2n) is 2.25. The average molecular weight is 225 g/mol. The third-order valence-electron chi connectivity index (χ3n) is 1.32. The van der Waals surface area contributed by atoms with Gasteiger partial charge in [-0.2, -0.15) is 17.5 Å². The summed E-state index contributed by atoms with van der Waals surface area (Å²) in [5, 5.41) is 12.4. The van der Waals surface area contributed by atoms with E-state index in [-0.39, 0.29) is 4.90 Å². The first-order chi connectivity index (χ1) is 6.54. The number of hydrogen-bond acceptors (Lipinski definition) is 4. The number of hydrogen-bond donors (Lipinski definition) is 0. The smallest absolute Gasteiger partial charge is 0.416 e. The van der Waals surface area contributed by atoms with Crippen molar-refractivity contribution in [2.75, 3.05) is 0 Å². The minimum atomic E-state index is -4.41. The largest absolute Gasteiger partial charge is 0.691 e. The molecule has 1 aromatic carbocycles. The summed E-state index contributed by atoms with van der Waals surface area (Å²) in [5.41, 5.74) is -0.808. The van der Waals surface area contributed by atoms with Gasteiger partial charge in [-0.15, -0.1) is 0 Å². The van der Waals surface area contributed by atoms with Crippen molar-refractivity contribution in [3.63, 3.8) is 0 Å². The number of halogens is 3. The summed E-state index contributed by atoms with van der Waals surface area (Å²) in [6, 6.07) is 4.34. The van der Waals surface area contributed by atoms with Crippen LogP contribution in [0.3, 0.4) is 0 Å². The fourth-order valence-electron chi connectivity index (χ4n) is 0.777. The minimum Gasteiger partial charge on any atom is -0.691 e. The van der Waals surface area contributed by atoms with Gasteiger partial charge in [0, 0.05) is 4.90 Å². The molecule has 0 amide bonds. The SMILES string of the molecule is [O-]OOSc1cccc(C(F)(F)F)c1. The lowest BCUT2D eigenvalue weighted by Crippen LogP contribution is -2.04. The number of rotatable bonds is 3. The van der Waals surface area contributed by atoms with Crippen LogP contribution in [0.2, 0.25) is 0 Å². The van der Waals surface area contributed by atoms with Crippen molar-refractivity contribution in [2.24, 2.45) is 0 Å². The standard InChI is InChI=1S/C7H5F3O3S/c8-7(9,10)5-2-1-3-6(4-5)14-13-12-11/h1-4,11H/p-1. The molecule has 0 saturated heterocycles. The summed E-state index contributed by atoms with van der Waals surface area (Å²) in [7, 11) is 0. The third-order valence-corrected chi connectivity index (χ3v) is 1.89. The Balaban J connectivity index is 2.79. The molecule has 14 heavy (non-hydrogen) atoms. The lowest BCUT2D eigenvalue weighted by atomic mass is 10.2. The van der Waals surface area contributed by atoms with Gasteiger partial charge in [0.15, 0.2) is 0 Å².